The van der Waals surface area contributed by atoms with Gasteiger partial charge in [-0.2, -0.15) is 0 Å². The molecule has 23 heavy (non-hydrogen) atoms. The van der Waals surface area contributed by atoms with E-state index < -0.39 is 0 Å². The number of hydrogen-bond donors (Lipinski definition) is 1. The number of rotatable bonds is 6. The normalized spacial score (nSPS) is 13.2. The highest BCUT2D eigenvalue weighted by Gasteiger charge is 2.17. The molecule has 1 aromatic heterocycles. The van der Waals surface area contributed by atoms with Crippen molar-refractivity contribution >= 4 is 17.8 Å². The van der Waals surface area contributed by atoms with Crippen LogP contribution < -0.4 is 5.32 Å². The molecule has 1 aromatic carbocycles. The second kappa shape index (κ2) is 8.58. The second-order valence-electron chi connectivity index (χ2n) is 5.50. The van der Waals surface area contributed by atoms with Gasteiger partial charge in [0.1, 0.15) is 0 Å². The van der Waals surface area contributed by atoms with E-state index in [1.807, 2.05) is 44.3 Å². The molecular formula is C18H23N3OS. The molecule has 0 bridgehead atoms. The number of aromatic nitrogens is 1. The van der Waals surface area contributed by atoms with Crippen LogP contribution >= 0.6 is 11.8 Å². The fourth-order valence-corrected chi connectivity index (χ4v) is 3.10. The molecule has 0 aliphatic heterocycles. The molecule has 0 saturated carbocycles. The molecule has 5 heteroatoms. The molecule has 2 atom stereocenters. The average molecular weight is 329 g/mol. The van der Waals surface area contributed by atoms with Crippen LogP contribution in [-0.2, 0) is 0 Å². The van der Waals surface area contributed by atoms with Crippen LogP contribution in [0.1, 0.15) is 25.5 Å². The number of pyridine rings is 1. The average Bonchev–Trinajstić information content (AvgIpc) is 2.60. The van der Waals surface area contributed by atoms with Crippen LogP contribution in [0.2, 0.25) is 0 Å². The van der Waals surface area contributed by atoms with Gasteiger partial charge in [-0.05, 0) is 30.7 Å². The Balaban J connectivity index is 1.82. The fourth-order valence-electron chi connectivity index (χ4n) is 2.15. The molecule has 0 saturated heterocycles. The predicted molar refractivity (Wildman–Crippen MR) is 95.6 cm³/mol. The van der Waals surface area contributed by atoms with Crippen LogP contribution in [0.15, 0.2) is 59.8 Å². The highest BCUT2D eigenvalue weighted by atomic mass is 32.2. The number of hydrogen-bond acceptors (Lipinski definition) is 3. The maximum Gasteiger partial charge on any atom is 0.317 e. The SMILES string of the molecule is C[C@H](CNC(=O)N(C)[C@@H](C)c1cccnc1)Sc1ccccc1. The zero-order chi connectivity index (χ0) is 16.7. The largest absolute Gasteiger partial charge is 0.337 e. The zero-order valence-electron chi connectivity index (χ0n) is 13.8. The van der Waals surface area contributed by atoms with Gasteiger partial charge < -0.3 is 10.2 Å². The lowest BCUT2D eigenvalue weighted by atomic mass is 10.1. The van der Waals surface area contributed by atoms with Crippen LogP contribution in [0.4, 0.5) is 4.79 Å². The van der Waals surface area contributed by atoms with Gasteiger partial charge in [0.15, 0.2) is 0 Å². The van der Waals surface area contributed by atoms with E-state index in [4.69, 9.17) is 0 Å². The van der Waals surface area contributed by atoms with E-state index in [0.29, 0.717) is 11.8 Å². The van der Waals surface area contributed by atoms with Gasteiger partial charge in [-0.1, -0.05) is 31.2 Å². The first-order chi connectivity index (χ1) is 11.1. The van der Waals surface area contributed by atoms with Crippen molar-refractivity contribution < 1.29 is 4.79 Å². The molecule has 0 aliphatic rings. The van der Waals surface area contributed by atoms with Crippen molar-refractivity contribution in [1.29, 1.82) is 0 Å². The monoisotopic (exact) mass is 329 g/mol. The number of carbonyl (C=O) groups excluding carboxylic acids is 1. The maximum atomic E-state index is 12.3. The summed E-state index contributed by atoms with van der Waals surface area (Å²) >= 11 is 1.76. The number of urea groups is 1. The maximum absolute atomic E-state index is 12.3. The summed E-state index contributed by atoms with van der Waals surface area (Å²) in [6.45, 7) is 4.74. The molecule has 1 N–H and O–H groups in total. The predicted octanol–water partition coefficient (Wildman–Crippen LogP) is 3.96. The van der Waals surface area contributed by atoms with E-state index >= 15 is 0 Å². The van der Waals surface area contributed by atoms with E-state index in [1.54, 1.807) is 29.1 Å². The zero-order valence-corrected chi connectivity index (χ0v) is 14.6. The van der Waals surface area contributed by atoms with Crippen molar-refractivity contribution in [3.63, 3.8) is 0 Å². The second-order valence-corrected chi connectivity index (χ2v) is 7.01. The Morgan fingerprint density at radius 3 is 2.61 bits per heavy atom. The highest BCUT2D eigenvalue weighted by Crippen LogP contribution is 2.22. The van der Waals surface area contributed by atoms with Gasteiger partial charge in [0.05, 0.1) is 6.04 Å². The summed E-state index contributed by atoms with van der Waals surface area (Å²) in [5, 5.41) is 3.31. The topological polar surface area (TPSA) is 45.2 Å². The van der Waals surface area contributed by atoms with E-state index in [0.717, 1.165) is 5.56 Å². The number of carbonyl (C=O) groups is 1. The summed E-state index contributed by atoms with van der Waals surface area (Å²) in [5.41, 5.74) is 1.02. The summed E-state index contributed by atoms with van der Waals surface area (Å²) in [4.78, 5) is 19.3. The van der Waals surface area contributed by atoms with Crippen molar-refractivity contribution in [2.45, 2.75) is 30.0 Å². The minimum Gasteiger partial charge on any atom is -0.337 e. The molecule has 2 amide bonds. The minimum atomic E-state index is -0.0677. The highest BCUT2D eigenvalue weighted by molar-refractivity contribution is 8.00. The molecule has 0 fully saturated rings. The van der Waals surface area contributed by atoms with Crippen LogP contribution in [0.3, 0.4) is 0 Å². The lowest BCUT2D eigenvalue weighted by Crippen LogP contribution is -2.41. The molecule has 0 radical (unpaired) electrons. The van der Waals surface area contributed by atoms with Gasteiger partial charge in [0.2, 0.25) is 0 Å². The quantitative estimate of drug-likeness (QED) is 0.816. The molecule has 122 valence electrons. The van der Waals surface area contributed by atoms with Gasteiger partial charge >= 0.3 is 6.03 Å². The lowest BCUT2D eigenvalue weighted by molar-refractivity contribution is 0.194. The Labute approximate surface area is 142 Å². The standard InChI is InChI=1S/C18H23N3OS/c1-14(23-17-9-5-4-6-10-17)12-20-18(22)21(3)15(2)16-8-7-11-19-13-16/h4-11,13-15H,12H2,1-3H3,(H,20,22)/t14-,15+/m1/s1. The summed E-state index contributed by atoms with van der Waals surface area (Å²) in [5.74, 6) is 0. The van der Waals surface area contributed by atoms with Gasteiger partial charge in [0.25, 0.3) is 0 Å². The van der Waals surface area contributed by atoms with Crippen LogP contribution in [0, 0.1) is 0 Å². The van der Waals surface area contributed by atoms with Crippen molar-refractivity contribution in [3.8, 4) is 0 Å². The Bertz CT molecular complexity index is 606. The van der Waals surface area contributed by atoms with Gasteiger partial charge in [-0.25, -0.2) is 4.79 Å². The van der Waals surface area contributed by atoms with Gasteiger partial charge in [-0.15, -0.1) is 11.8 Å². The Hall–Kier alpha value is -2.01. The first-order valence-electron chi connectivity index (χ1n) is 7.70. The number of amides is 2. The van der Waals surface area contributed by atoms with E-state index in [2.05, 4.69) is 29.4 Å². The smallest absolute Gasteiger partial charge is 0.317 e. The number of thioether (sulfide) groups is 1. The van der Waals surface area contributed by atoms with Crippen LogP contribution in [-0.4, -0.2) is 34.8 Å². The van der Waals surface area contributed by atoms with Gasteiger partial charge in [-0.3, -0.25) is 4.98 Å². The third-order valence-corrected chi connectivity index (χ3v) is 4.80. The van der Waals surface area contributed by atoms with E-state index in [9.17, 15) is 4.79 Å². The van der Waals surface area contributed by atoms with Crippen molar-refractivity contribution in [3.05, 3.63) is 60.4 Å². The fraction of sp³-hybridized carbons (Fsp3) is 0.333. The van der Waals surface area contributed by atoms with Crippen LogP contribution in [0.25, 0.3) is 0 Å². The summed E-state index contributed by atoms with van der Waals surface area (Å²) < 4.78 is 0. The number of benzene rings is 1. The molecule has 2 aromatic rings. The Morgan fingerprint density at radius 1 is 1.22 bits per heavy atom. The number of nitrogens with one attached hydrogen (secondary N) is 1. The minimum absolute atomic E-state index is 0.0132. The summed E-state index contributed by atoms with van der Waals surface area (Å²) in [7, 11) is 1.81. The first-order valence-corrected chi connectivity index (χ1v) is 8.58. The molecule has 0 spiro atoms. The summed E-state index contributed by atoms with van der Waals surface area (Å²) in [6.07, 6.45) is 3.53. The van der Waals surface area contributed by atoms with Gasteiger partial charge in [0, 0.05) is 36.1 Å². The van der Waals surface area contributed by atoms with Crippen molar-refractivity contribution in [1.82, 2.24) is 15.2 Å². The molecule has 0 aliphatic carbocycles. The summed E-state index contributed by atoms with van der Waals surface area (Å²) in [6, 6.07) is 14.0. The van der Waals surface area contributed by atoms with E-state index in [1.165, 1.54) is 4.90 Å². The third-order valence-electron chi connectivity index (χ3n) is 3.69. The van der Waals surface area contributed by atoms with Crippen molar-refractivity contribution in [2.24, 2.45) is 0 Å². The Morgan fingerprint density at radius 2 is 1.96 bits per heavy atom. The first kappa shape index (κ1) is 17.3. The number of nitrogens with zero attached hydrogens (tertiary/aromatic N) is 2. The Kier molecular flexibility index (Phi) is 6.47. The lowest BCUT2D eigenvalue weighted by Gasteiger charge is -2.26. The molecule has 2 rings (SSSR count). The molecule has 4 nitrogen and oxygen atoms in total. The van der Waals surface area contributed by atoms with E-state index in [-0.39, 0.29) is 12.1 Å². The van der Waals surface area contributed by atoms with Crippen molar-refractivity contribution in [2.75, 3.05) is 13.6 Å². The molecule has 1 heterocycles. The van der Waals surface area contributed by atoms with Crippen LogP contribution in [0.5, 0.6) is 0 Å². The molecule has 0 unspecified atom stereocenters. The third kappa shape index (κ3) is 5.28. The molecular weight excluding hydrogens is 306 g/mol.